The summed E-state index contributed by atoms with van der Waals surface area (Å²) in [6.07, 6.45) is 1.02. The molecule has 0 unspecified atom stereocenters. The van der Waals surface area contributed by atoms with Crippen molar-refractivity contribution in [3.63, 3.8) is 0 Å². The van der Waals surface area contributed by atoms with Crippen molar-refractivity contribution in [2.75, 3.05) is 31.4 Å². The highest BCUT2D eigenvalue weighted by molar-refractivity contribution is 8.14. The molecule has 6 N–H and O–H groups in total. The van der Waals surface area contributed by atoms with E-state index in [4.69, 9.17) is 15.4 Å². The number of urea groups is 1. The van der Waals surface area contributed by atoms with Gasteiger partial charge >= 0.3 is 22.2 Å². The van der Waals surface area contributed by atoms with E-state index >= 15 is 0 Å². The van der Waals surface area contributed by atoms with Gasteiger partial charge < -0.3 is 30.9 Å². The fraction of sp³-hybridized carbons (Fsp3) is 0.304. The standard InChI is InChI=1S/C23H23N9O11S4/c1-30-22(39)28-47(40,41)29-23(30)46-7-9-6-44-19-15(18(36)32(19)16(9)20(37)38)26-17(35)14(11-8-45-21(24)25-11)27-43-5-10-3-12(33)13(34)4-31(10)42-2/h3-4,8,15,19,34H,5-7H2,1-2H3,(H2,24,25)(H,26,35)(H,28,39)(H,37,38)/b27-14-/t15-,19-/m1/s1. The molecule has 20 nitrogen and oxygen atoms in total. The Morgan fingerprint density at radius 3 is 2.72 bits per heavy atom. The summed E-state index contributed by atoms with van der Waals surface area (Å²) in [5.41, 5.74) is 4.70. The number of nitrogen functional groups attached to an aromatic ring is 1. The van der Waals surface area contributed by atoms with E-state index in [1.54, 1.807) is 4.72 Å². The number of carboxylic acid groups (broad SMARTS) is 1. The molecule has 5 heterocycles. The molecule has 4 amide bonds. The number of oxime groups is 1. The molecule has 47 heavy (non-hydrogen) atoms. The van der Waals surface area contributed by atoms with E-state index in [0.717, 1.165) is 61.7 Å². The molecule has 250 valence electrons. The molecule has 0 saturated carbocycles. The first kappa shape index (κ1) is 33.6. The second-order valence-electron chi connectivity index (χ2n) is 9.53. The zero-order chi connectivity index (χ0) is 34.2. The average Bonchev–Trinajstić information content (AvgIpc) is 3.45. The van der Waals surface area contributed by atoms with E-state index in [1.165, 1.54) is 19.5 Å². The van der Waals surface area contributed by atoms with E-state index < -0.39 is 56.6 Å². The minimum absolute atomic E-state index is 0.0106. The Labute approximate surface area is 276 Å². The number of carbonyl (C=O) groups is 4. The monoisotopic (exact) mass is 729 g/mol. The molecule has 0 spiro atoms. The summed E-state index contributed by atoms with van der Waals surface area (Å²) in [6, 6.07) is -1.07. The number of carbonyl (C=O) groups excluding carboxylic acids is 3. The van der Waals surface area contributed by atoms with Crippen LogP contribution in [-0.2, 0) is 36.0 Å². The number of aromatic hydroxyl groups is 1. The lowest BCUT2D eigenvalue weighted by Gasteiger charge is -2.49. The normalized spacial score (nSPS) is 20.6. The fourth-order valence-electron chi connectivity index (χ4n) is 4.32. The molecule has 0 aliphatic carbocycles. The van der Waals surface area contributed by atoms with Crippen LogP contribution in [0.3, 0.4) is 0 Å². The van der Waals surface area contributed by atoms with Gasteiger partial charge in [0.2, 0.25) is 5.43 Å². The summed E-state index contributed by atoms with van der Waals surface area (Å²) >= 11 is 2.95. The van der Waals surface area contributed by atoms with Crippen molar-refractivity contribution in [3.05, 3.63) is 50.5 Å². The second kappa shape index (κ2) is 13.1. The van der Waals surface area contributed by atoms with E-state index in [0.29, 0.717) is 0 Å². The summed E-state index contributed by atoms with van der Waals surface area (Å²) < 4.78 is 29.9. The summed E-state index contributed by atoms with van der Waals surface area (Å²) in [5.74, 6) is -3.65. The topological polar surface area (TPSA) is 278 Å². The van der Waals surface area contributed by atoms with Gasteiger partial charge in [-0.25, -0.2) is 19.3 Å². The number of thiazole rings is 1. The van der Waals surface area contributed by atoms with Crippen LogP contribution in [0.15, 0.2) is 43.3 Å². The van der Waals surface area contributed by atoms with Gasteiger partial charge in [0, 0.05) is 30.0 Å². The molecule has 2 atom stereocenters. The number of pyridine rings is 1. The Bertz CT molecular complexity index is 1940. The number of nitrogens with two attached hydrogens (primary N) is 1. The van der Waals surface area contributed by atoms with E-state index in [-0.39, 0.29) is 56.8 Å². The van der Waals surface area contributed by atoms with Gasteiger partial charge in [-0.2, -0.15) is 13.1 Å². The number of amides is 4. The summed E-state index contributed by atoms with van der Waals surface area (Å²) in [4.78, 5) is 79.0. The number of carboxylic acids is 1. The molecule has 1 fully saturated rings. The Hall–Kier alpha value is -4.81. The van der Waals surface area contributed by atoms with Gasteiger partial charge in [-0.1, -0.05) is 16.9 Å². The van der Waals surface area contributed by atoms with Crippen molar-refractivity contribution in [2.24, 2.45) is 9.55 Å². The van der Waals surface area contributed by atoms with E-state index in [9.17, 15) is 42.6 Å². The number of hydrogen-bond acceptors (Lipinski definition) is 16. The lowest BCUT2D eigenvalue weighted by atomic mass is 10.0. The van der Waals surface area contributed by atoms with Gasteiger partial charge in [0.05, 0.1) is 6.20 Å². The maximum absolute atomic E-state index is 13.4. The lowest BCUT2D eigenvalue weighted by molar-refractivity contribution is -0.150. The van der Waals surface area contributed by atoms with Gasteiger partial charge in [0.15, 0.2) is 28.4 Å². The maximum atomic E-state index is 13.4. The van der Waals surface area contributed by atoms with Crippen molar-refractivity contribution in [1.29, 1.82) is 0 Å². The number of rotatable bonds is 10. The number of aromatic nitrogens is 2. The molecule has 1 saturated heterocycles. The average molecular weight is 730 g/mol. The van der Waals surface area contributed by atoms with Gasteiger partial charge in [-0.3, -0.25) is 24.2 Å². The van der Waals surface area contributed by atoms with Crippen molar-refractivity contribution in [2.45, 2.75) is 18.0 Å². The van der Waals surface area contributed by atoms with Crippen LogP contribution in [-0.4, -0.2) is 110 Å². The number of hydrogen-bond donors (Lipinski definition) is 5. The quantitative estimate of drug-likeness (QED) is 0.104. The molecule has 24 heteroatoms. The van der Waals surface area contributed by atoms with Gasteiger partial charge in [0.1, 0.15) is 35.6 Å². The van der Waals surface area contributed by atoms with Crippen molar-refractivity contribution in [1.82, 2.24) is 29.6 Å². The van der Waals surface area contributed by atoms with Crippen molar-refractivity contribution in [3.8, 4) is 5.75 Å². The van der Waals surface area contributed by atoms with Crippen LogP contribution in [0, 0.1) is 0 Å². The molecule has 0 bridgehead atoms. The third kappa shape index (κ3) is 6.84. The number of β-lactam (4-membered cyclic amide) rings is 1. The largest absolute Gasteiger partial charge is 0.503 e. The predicted molar refractivity (Wildman–Crippen MR) is 168 cm³/mol. The molecule has 3 aliphatic heterocycles. The molecule has 5 rings (SSSR count). The zero-order valence-corrected chi connectivity index (χ0v) is 27.2. The first-order valence-corrected chi connectivity index (χ1v) is 17.2. The molecule has 0 aromatic carbocycles. The van der Waals surface area contributed by atoms with Gasteiger partial charge in [-0.15, -0.1) is 27.5 Å². The molecule has 2 aromatic heterocycles. The second-order valence-corrected chi connectivity index (χ2v) is 13.8. The summed E-state index contributed by atoms with van der Waals surface area (Å²) in [5, 5.41) is 26.5. The van der Waals surface area contributed by atoms with Crippen molar-refractivity contribution < 1.29 is 47.5 Å². The number of amidine groups is 1. The molecule has 0 radical (unpaired) electrons. The molecule has 3 aliphatic rings. The first-order chi connectivity index (χ1) is 22.2. The Balaban J connectivity index is 1.32. The highest BCUT2D eigenvalue weighted by Gasteiger charge is 2.54. The van der Waals surface area contributed by atoms with E-state index in [1.807, 2.05) is 0 Å². The Kier molecular flexibility index (Phi) is 9.37. The van der Waals surface area contributed by atoms with Gasteiger partial charge in [-0.05, 0) is 5.57 Å². The Morgan fingerprint density at radius 1 is 1.32 bits per heavy atom. The van der Waals surface area contributed by atoms with Crippen LogP contribution >= 0.6 is 34.9 Å². The minimum Gasteiger partial charge on any atom is -0.503 e. The van der Waals surface area contributed by atoms with Crippen LogP contribution < -0.4 is 26.0 Å². The summed E-state index contributed by atoms with van der Waals surface area (Å²) in [6.45, 7) is -0.388. The predicted octanol–water partition coefficient (Wildman–Crippen LogP) is -1.70. The van der Waals surface area contributed by atoms with Crippen LogP contribution in [0.4, 0.5) is 9.93 Å². The molecular weight excluding hydrogens is 707 g/mol. The molecule has 2 aromatic rings. The van der Waals surface area contributed by atoms with Crippen LogP contribution in [0.25, 0.3) is 0 Å². The number of fused-ring (bicyclic) bond motifs is 1. The molecular formula is C23H23N9O11S4. The smallest absolute Gasteiger partial charge is 0.352 e. The third-order valence-electron chi connectivity index (χ3n) is 6.54. The lowest BCUT2D eigenvalue weighted by Crippen LogP contribution is -2.71. The zero-order valence-electron chi connectivity index (χ0n) is 24.0. The van der Waals surface area contributed by atoms with Crippen molar-refractivity contribution >= 4 is 84.9 Å². The first-order valence-electron chi connectivity index (χ1n) is 12.8. The van der Waals surface area contributed by atoms with Gasteiger partial charge in [0.25, 0.3) is 11.8 Å². The number of thioether (sulfide) groups is 2. The van der Waals surface area contributed by atoms with Crippen LogP contribution in [0.5, 0.6) is 5.75 Å². The van der Waals surface area contributed by atoms with E-state index in [2.05, 4.69) is 19.9 Å². The number of aliphatic carboxylic acids is 1. The highest BCUT2D eigenvalue weighted by atomic mass is 32.2. The minimum atomic E-state index is -4.26. The number of nitrogens with one attached hydrogen (secondary N) is 2. The van der Waals surface area contributed by atoms with Crippen LogP contribution in [0.2, 0.25) is 0 Å². The number of nitrogens with zero attached hydrogens (tertiary/aromatic N) is 6. The maximum Gasteiger partial charge on any atom is 0.352 e. The Morgan fingerprint density at radius 2 is 2.06 bits per heavy atom. The highest BCUT2D eigenvalue weighted by Crippen LogP contribution is 2.41. The number of anilines is 1. The SMILES string of the molecule is COn1cc(O)c(=O)cc1CO/N=C(\C(=O)N[C@@H]1C(=O)N2C(C(=O)O)=C(CSC3=NS(=O)(=O)NC(=O)N3C)CS[C@H]12)c1csc(N)n1. The third-order valence-corrected chi connectivity index (χ3v) is 10.6. The van der Waals surface area contributed by atoms with Crippen LogP contribution in [0.1, 0.15) is 11.4 Å². The fourth-order valence-corrected chi connectivity index (χ4v) is 8.40. The summed E-state index contributed by atoms with van der Waals surface area (Å²) in [7, 11) is -1.70.